The molecular formula is C19H20N2O5S. The molecule has 8 heteroatoms. The molecule has 0 saturated carbocycles. The van der Waals surface area contributed by atoms with Crippen LogP contribution in [0.1, 0.15) is 49.7 Å². The molecule has 7 nitrogen and oxygen atoms in total. The zero-order chi connectivity index (χ0) is 19.3. The number of ketones is 1. The normalized spacial score (nSPS) is 23.7. The molecule has 0 radical (unpaired) electrons. The molecule has 0 saturated heterocycles. The van der Waals surface area contributed by atoms with Crippen molar-refractivity contribution in [2.75, 3.05) is 5.75 Å². The molecule has 2 aliphatic heterocycles. The molecule has 27 heavy (non-hydrogen) atoms. The van der Waals surface area contributed by atoms with Crippen LogP contribution < -0.4 is 5.32 Å². The number of rotatable bonds is 3. The van der Waals surface area contributed by atoms with Crippen molar-refractivity contribution in [1.82, 2.24) is 5.32 Å². The van der Waals surface area contributed by atoms with Crippen LogP contribution in [0.4, 0.5) is 5.69 Å². The van der Waals surface area contributed by atoms with Crippen molar-refractivity contribution in [3.63, 3.8) is 0 Å². The van der Waals surface area contributed by atoms with Gasteiger partial charge in [-0.1, -0.05) is 19.1 Å². The Morgan fingerprint density at radius 2 is 2.00 bits per heavy atom. The largest absolute Gasteiger partial charge is 0.361 e. The first-order valence-electron chi connectivity index (χ1n) is 9.09. The fourth-order valence-corrected chi connectivity index (χ4v) is 6.16. The third kappa shape index (κ3) is 2.79. The van der Waals surface area contributed by atoms with Gasteiger partial charge in [0.05, 0.1) is 21.5 Å². The van der Waals surface area contributed by atoms with Crippen LogP contribution in [-0.2, 0) is 21.1 Å². The number of nitro benzene ring substituents is 1. The monoisotopic (exact) mass is 388 g/mol. The summed E-state index contributed by atoms with van der Waals surface area (Å²) in [6.07, 6.45) is 2.66. The Morgan fingerprint density at radius 1 is 1.22 bits per heavy atom. The van der Waals surface area contributed by atoms with E-state index in [9.17, 15) is 23.3 Å². The van der Waals surface area contributed by atoms with Crippen molar-refractivity contribution in [3.8, 4) is 0 Å². The van der Waals surface area contributed by atoms with Crippen LogP contribution in [0.5, 0.6) is 0 Å². The number of hydrogen-bond acceptors (Lipinski definition) is 6. The number of dihydropyridines is 1. The second kappa shape index (κ2) is 6.30. The van der Waals surface area contributed by atoms with Crippen LogP contribution in [-0.4, -0.2) is 24.9 Å². The number of benzene rings is 1. The molecule has 1 N–H and O–H groups in total. The summed E-state index contributed by atoms with van der Waals surface area (Å²) in [6.45, 7) is 1.83. The van der Waals surface area contributed by atoms with Gasteiger partial charge in [0.25, 0.3) is 5.69 Å². The maximum absolute atomic E-state index is 12.7. The summed E-state index contributed by atoms with van der Waals surface area (Å²) in [5, 5.41) is 14.7. The second-order valence-electron chi connectivity index (χ2n) is 7.14. The molecular weight excluding hydrogens is 368 g/mol. The minimum absolute atomic E-state index is 0.00501. The molecule has 1 aromatic carbocycles. The van der Waals surface area contributed by atoms with E-state index in [2.05, 4.69) is 5.32 Å². The van der Waals surface area contributed by atoms with Gasteiger partial charge in [0.1, 0.15) is 0 Å². The Labute approximate surface area is 157 Å². The number of Topliss-reactive ketones (excluding diaryl/α,β-unsaturated/α-hetero) is 1. The van der Waals surface area contributed by atoms with E-state index in [1.165, 1.54) is 6.07 Å². The number of nitro groups is 1. The number of allylic oxidation sites excluding steroid dienone is 4. The molecule has 0 bridgehead atoms. The molecule has 1 aromatic rings. The first-order valence-corrected chi connectivity index (χ1v) is 10.7. The standard InChI is InChI=1S/C19H20N2O5S/c1-2-11-6-7-12(10-15(11)21(23)24)17-18-13(4-3-5-16(18)22)20-14-8-9-27(25,26)19(14)17/h6-7,10,17,20H,2-5,8-9H2,1H3/t17-/m0/s1. The Hall–Kier alpha value is -2.48. The molecule has 0 aromatic heterocycles. The SMILES string of the molecule is CCc1ccc([C@H]2C3=C(CCCC3=O)NC3=C2S(=O)(=O)CC3)cc1[N+](=O)[O-]. The quantitative estimate of drug-likeness (QED) is 0.630. The molecule has 4 rings (SSSR count). The van der Waals surface area contributed by atoms with Gasteiger partial charge < -0.3 is 5.32 Å². The lowest BCUT2D eigenvalue weighted by molar-refractivity contribution is -0.385. The molecule has 2 heterocycles. The van der Waals surface area contributed by atoms with Gasteiger partial charge in [-0.05, 0) is 24.8 Å². The summed E-state index contributed by atoms with van der Waals surface area (Å²) in [6, 6.07) is 4.84. The topological polar surface area (TPSA) is 106 Å². The van der Waals surface area contributed by atoms with Crippen LogP contribution >= 0.6 is 0 Å². The van der Waals surface area contributed by atoms with Gasteiger partial charge in [-0.2, -0.15) is 0 Å². The molecule has 0 unspecified atom stereocenters. The fraction of sp³-hybridized carbons (Fsp3) is 0.421. The van der Waals surface area contributed by atoms with E-state index in [-0.39, 0.29) is 22.1 Å². The van der Waals surface area contributed by atoms with Gasteiger partial charge in [0.15, 0.2) is 15.6 Å². The number of nitrogens with one attached hydrogen (secondary N) is 1. The number of hydrogen-bond donors (Lipinski definition) is 1. The summed E-state index contributed by atoms with van der Waals surface area (Å²) in [5.74, 6) is -0.823. The molecule has 142 valence electrons. The van der Waals surface area contributed by atoms with Crippen LogP contribution in [0.3, 0.4) is 0 Å². The summed E-state index contributed by atoms with van der Waals surface area (Å²) in [4.78, 5) is 24.0. The molecule has 0 fully saturated rings. The molecule has 0 spiro atoms. The number of aryl methyl sites for hydroxylation is 1. The Kier molecular flexibility index (Phi) is 4.18. The van der Waals surface area contributed by atoms with Crippen LogP contribution in [0.25, 0.3) is 0 Å². The third-order valence-electron chi connectivity index (χ3n) is 5.58. The number of carbonyl (C=O) groups excluding carboxylic acids is 1. The Bertz CT molecular complexity index is 1040. The maximum atomic E-state index is 12.7. The van der Waals surface area contributed by atoms with Gasteiger partial charge in [-0.15, -0.1) is 0 Å². The Morgan fingerprint density at radius 3 is 2.70 bits per heavy atom. The van der Waals surface area contributed by atoms with Crippen molar-refractivity contribution in [3.05, 3.63) is 61.3 Å². The van der Waals surface area contributed by atoms with Crippen LogP contribution in [0.15, 0.2) is 40.1 Å². The predicted octanol–water partition coefficient (Wildman–Crippen LogP) is 2.88. The molecule has 0 amide bonds. The van der Waals surface area contributed by atoms with Crippen molar-refractivity contribution >= 4 is 21.3 Å². The minimum Gasteiger partial charge on any atom is -0.361 e. The number of carbonyl (C=O) groups is 1. The lowest BCUT2D eigenvalue weighted by atomic mass is 9.79. The highest BCUT2D eigenvalue weighted by Crippen LogP contribution is 2.48. The van der Waals surface area contributed by atoms with E-state index in [1.807, 2.05) is 6.92 Å². The smallest absolute Gasteiger partial charge is 0.272 e. The van der Waals surface area contributed by atoms with Gasteiger partial charge in [-0.3, -0.25) is 14.9 Å². The van der Waals surface area contributed by atoms with Gasteiger partial charge >= 0.3 is 0 Å². The van der Waals surface area contributed by atoms with Gasteiger partial charge in [0, 0.05) is 41.4 Å². The van der Waals surface area contributed by atoms with E-state index in [0.717, 1.165) is 12.1 Å². The summed E-state index contributed by atoms with van der Waals surface area (Å²) in [7, 11) is -3.51. The summed E-state index contributed by atoms with van der Waals surface area (Å²) >= 11 is 0. The molecule has 1 atom stereocenters. The highest BCUT2D eigenvalue weighted by Gasteiger charge is 2.44. The van der Waals surface area contributed by atoms with Gasteiger partial charge in [-0.25, -0.2) is 8.42 Å². The highest BCUT2D eigenvalue weighted by molar-refractivity contribution is 7.95. The molecule has 3 aliphatic rings. The zero-order valence-corrected chi connectivity index (χ0v) is 15.8. The van der Waals surface area contributed by atoms with Crippen molar-refractivity contribution in [2.45, 2.75) is 44.9 Å². The maximum Gasteiger partial charge on any atom is 0.272 e. The highest BCUT2D eigenvalue weighted by atomic mass is 32.2. The first-order chi connectivity index (χ1) is 12.8. The fourth-order valence-electron chi connectivity index (χ4n) is 4.32. The van der Waals surface area contributed by atoms with Gasteiger partial charge in [0.2, 0.25) is 0 Å². The minimum atomic E-state index is -3.51. The summed E-state index contributed by atoms with van der Waals surface area (Å²) in [5.41, 5.74) is 2.93. The first kappa shape index (κ1) is 17.9. The van der Waals surface area contributed by atoms with Crippen molar-refractivity contribution < 1.29 is 18.1 Å². The molecule has 1 aliphatic carbocycles. The van der Waals surface area contributed by atoms with E-state index in [0.29, 0.717) is 48.1 Å². The lowest BCUT2D eigenvalue weighted by Crippen LogP contribution is -2.32. The lowest BCUT2D eigenvalue weighted by Gasteiger charge is -2.33. The third-order valence-corrected chi connectivity index (χ3v) is 7.48. The second-order valence-corrected chi connectivity index (χ2v) is 9.22. The van der Waals surface area contributed by atoms with E-state index in [1.54, 1.807) is 12.1 Å². The van der Waals surface area contributed by atoms with Crippen molar-refractivity contribution in [1.29, 1.82) is 0 Å². The summed E-state index contributed by atoms with van der Waals surface area (Å²) < 4.78 is 25.5. The van der Waals surface area contributed by atoms with Crippen LogP contribution in [0, 0.1) is 10.1 Å². The predicted molar refractivity (Wildman–Crippen MR) is 99.7 cm³/mol. The van der Waals surface area contributed by atoms with Crippen LogP contribution in [0.2, 0.25) is 0 Å². The number of sulfone groups is 1. The zero-order valence-electron chi connectivity index (χ0n) is 14.9. The van der Waals surface area contributed by atoms with Crippen molar-refractivity contribution in [2.24, 2.45) is 0 Å². The van der Waals surface area contributed by atoms with E-state index in [4.69, 9.17) is 0 Å². The van der Waals surface area contributed by atoms with E-state index < -0.39 is 20.7 Å². The van der Waals surface area contributed by atoms with E-state index >= 15 is 0 Å². The average molecular weight is 388 g/mol. The number of nitrogens with zero attached hydrogens (tertiary/aromatic N) is 1. The average Bonchev–Trinajstić information content (AvgIpc) is 2.94. The Balaban J connectivity index is 1.95.